The van der Waals surface area contributed by atoms with E-state index in [4.69, 9.17) is 9.47 Å². The number of thiophene rings is 1. The molecular formula is C21H18O5S. The predicted molar refractivity (Wildman–Crippen MR) is 105 cm³/mol. The van der Waals surface area contributed by atoms with Crippen molar-refractivity contribution in [1.29, 1.82) is 0 Å². The maximum absolute atomic E-state index is 12.2. The first kappa shape index (κ1) is 18.7. The lowest BCUT2D eigenvalue weighted by atomic mass is 9.91. The zero-order valence-corrected chi connectivity index (χ0v) is 15.9. The number of hydrogen-bond donors (Lipinski definition) is 1. The third-order valence-electron chi connectivity index (χ3n) is 4.23. The van der Waals surface area contributed by atoms with Gasteiger partial charge in [-0.25, -0.2) is 9.59 Å². The van der Waals surface area contributed by atoms with Gasteiger partial charge in [0, 0.05) is 16.0 Å². The first-order chi connectivity index (χ1) is 13.0. The van der Waals surface area contributed by atoms with Gasteiger partial charge < -0.3 is 14.6 Å². The zero-order chi connectivity index (χ0) is 19.6. The normalized spacial score (nSPS) is 10.5. The molecule has 0 radical (unpaired) electrons. The van der Waals surface area contributed by atoms with Crippen LogP contribution in [0.15, 0.2) is 47.8 Å². The molecule has 3 rings (SSSR count). The second-order valence-corrected chi connectivity index (χ2v) is 6.87. The molecule has 0 fully saturated rings. The SMILES string of the molecule is COC(=O)c1ccc(C)cc1-c1cc(OC)c(-c2cccs2)cc1C(=O)O. The first-order valence-corrected chi connectivity index (χ1v) is 9.02. The number of aromatic carboxylic acids is 1. The lowest BCUT2D eigenvalue weighted by Gasteiger charge is -2.16. The quantitative estimate of drug-likeness (QED) is 0.637. The highest BCUT2D eigenvalue weighted by atomic mass is 32.1. The van der Waals surface area contributed by atoms with E-state index in [1.54, 1.807) is 30.3 Å². The molecule has 0 unspecified atom stereocenters. The number of benzene rings is 2. The van der Waals surface area contributed by atoms with Crippen LogP contribution in [0.5, 0.6) is 5.75 Å². The molecule has 6 heteroatoms. The van der Waals surface area contributed by atoms with Gasteiger partial charge in [-0.05, 0) is 42.1 Å². The molecule has 2 aromatic carbocycles. The average molecular weight is 382 g/mol. The van der Waals surface area contributed by atoms with E-state index in [1.807, 2.05) is 24.4 Å². The maximum atomic E-state index is 12.2. The van der Waals surface area contributed by atoms with E-state index in [0.717, 1.165) is 10.4 Å². The van der Waals surface area contributed by atoms with Crippen molar-refractivity contribution in [3.05, 3.63) is 64.5 Å². The van der Waals surface area contributed by atoms with Gasteiger partial charge in [-0.1, -0.05) is 23.8 Å². The molecule has 0 aliphatic carbocycles. The second kappa shape index (κ2) is 7.63. The fourth-order valence-corrected chi connectivity index (χ4v) is 3.69. The van der Waals surface area contributed by atoms with Gasteiger partial charge in [0.05, 0.1) is 25.3 Å². The smallest absolute Gasteiger partial charge is 0.338 e. The third-order valence-corrected chi connectivity index (χ3v) is 5.13. The molecule has 0 amide bonds. The minimum atomic E-state index is -1.08. The summed E-state index contributed by atoms with van der Waals surface area (Å²) in [7, 11) is 2.83. The topological polar surface area (TPSA) is 72.8 Å². The molecule has 0 atom stereocenters. The van der Waals surface area contributed by atoms with Crippen LogP contribution in [0.1, 0.15) is 26.3 Å². The van der Waals surface area contributed by atoms with Gasteiger partial charge in [-0.15, -0.1) is 11.3 Å². The van der Waals surface area contributed by atoms with Crippen molar-refractivity contribution < 1.29 is 24.2 Å². The number of carbonyl (C=O) groups is 2. The molecule has 0 spiro atoms. The summed E-state index contributed by atoms with van der Waals surface area (Å²) in [5, 5.41) is 11.7. The van der Waals surface area contributed by atoms with Crippen LogP contribution in [0.25, 0.3) is 21.6 Å². The highest BCUT2D eigenvalue weighted by Crippen LogP contribution is 2.40. The largest absolute Gasteiger partial charge is 0.496 e. The van der Waals surface area contributed by atoms with Crippen molar-refractivity contribution >= 4 is 23.3 Å². The molecule has 1 heterocycles. The second-order valence-electron chi connectivity index (χ2n) is 5.92. The highest BCUT2D eigenvalue weighted by molar-refractivity contribution is 7.13. The average Bonchev–Trinajstić information content (AvgIpc) is 3.20. The minimum absolute atomic E-state index is 0.0925. The Balaban J connectivity index is 2.33. The van der Waals surface area contributed by atoms with Crippen LogP contribution in [0.4, 0.5) is 0 Å². The number of aryl methyl sites for hydroxylation is 1. The molecule has 0 bridgehead atoms. The molecule has 5 nitrogen and oxygen atoms in total. The van der Waals surface area contributed by atoms with Crippen molar-refractivity contribution in [3.8, 4) is 27.3 Å². The molecule has 0 aliphatic heterocycles. The zero-order valence-electron chi connectivity index (χ0n) is 15.1. The molecule has 0 saturated heterocycles. The van der Waals surface area contributed by atoms with Crippen LogP contribution in [0, 0.1) is 6.92 Å². The van der Waals surface area contributed by atoms with E-state index in [9.17, 15) is 14.7 Å². The van der Waals surface area contributed by atoms with E-state index in [-0.39, 0.29) is 5.56 Å². The van der Waals surface area contributed by atoms with Gasteiger partial charge in [-0.3, -0.25) is 0 Å². The molecule has 1 aromatic heterocycles. The van der Waals surface area contributed by atoms with E-state index in [2.05, 4.69) is 0 Å². The van der Waals surface area contributed by atoms with Gasteiger partial charge in [0.1, 0.15) is 5.75 Å². The summed E-state index contributed by atoms with van der Waals surface area (Å²) in [6.07, 6.45) is 0. The molecule has 0 aliphatic rings. The Morgan fingerprint density at radius 1 is 0.963 bits per heavy atom. The summed E-state index contributed by atoms with van der Waals surface area (Å²) in [5.41, 5.74) is 2.89. The lowest BCUT2D eigenvalue weighted by Crippen LogP contribution is -2.07. The summed E-state index contributed by atoms with van der Waals surface area (Å²) in [6, 6.07) is 12.3. The standard InChI is InChI=1S/C21H18O5S/c1-12-6-7-13(21(24)26-3)14(9-12)15-11-18(25-2)17(10-16(15)20(22)23)19-5-4-8-27-19/h4-11H,1-3H3,(H,22,23). The van der Waals surface area contributed by atoms with Crippen molar-refractivity contribution in [3.63, 3.8) is 0 Å². The molecule has 0 saturated carbocycles. The Bertz CT molecular complexity index is 1010. The van der Waals surface area contributed by atoms with Crippen LogP contribution < -0.4 is 4.74 Å². The number of carboxylic acids is 1. The summed E-state index contributed by atoms with van der Waals surface area (Å²) in [4.78, 5) is 25.1. The summed E-state index contributed by atoms with van der Waals surface area (Å²) in [5.74, 6) is -1.07. The van der Waals surface area contributed by atoms with Crippen LogP contribution >= 0.6 is 11.3 Å². The summed E-state index contributed by atoms with van der Waals surface area (Å²) >= 11 is 1.49. The van der Waals surface area contributed by atoms with Crippen molar-refractivity contribution in [1.82, 2.24) is 0 Å². The van der Waals surface area contributed by atoms with E-state index < -0.39 is 11.9 Å². The monoisotopic (exact) mass is 382 g/mol. The molecule has 27 heavy (non-hydrogen) atoms. The van der Waals surface area contributed by atoms with E-state index in [1.165, 1.54) is 25.6 Å². The minimum Gasteiger partial charge on any atom is -0.496 e. The summed E-state index contributed by atoms with van der Waals surface area (Å²) in [6.45, 7) is 1.88. The molecule has 1 N–H and O–H groups in total. The third kappa shape index (κ3) is 3.57. The Kier molecular flexibility index (Phi) is 5.28. The number of carboxylic acid groups (broad SMARTS) is 1. The number of carbonyl (C=O) groups excluding carboxylic acids is 1. The molecular weight excluding hydrogens is 364 g/mol. The molecule has 138 valence electrons. The number of ether oxygens (including phenoxy) is 2. The van der Waals surface area contributed by atoms with Gasteiger partial charge in [0.2, 0.25) is 0 Å². The van der Waals surface area contributed by atoms with Gasteiger partial charge >= 0.3 is 11.9 Å². The van der Waals surface area contributed by atoms with Gasteiger partial charge in [0.25, 0.3) is 0 Å². The fourth-order valence-electron chi connectivity index (χ4n) is 2.94. The number of rotatable bonds is 5. The molecule has 3 aromatic rings. The fraction of sp³-hybridized carbons (Fsp3) is 0.143. The number of esters is 1. The van der Waals surface area contributed by atoms with E-state index in [0.29, 0.717) is 28.0 Å². The summed E-state index contributed by atoms with van der Waals surface area (Å²) < 4.78 is 10.4. The number of hydrogen-bond acceptors (Lipinski definition) is 5. The Hall–Kier alpha value is -3.12. The maximum Gasteiger partial charge on any atom is 0.338 e. The van der Waals surface area contributed by atoms with Crippen LogP contribution in [0.2, 0.25) is 0 Å². The Morgan fingerprint density at radius 3 is 2.30 bits per heavy atom. The predicted octanol–water partition coefficient (Wildman–Crippen LogP) is 4.88. The van der Waals surface area contributed by atoms with Gasteiger partial charge in [-0.2, -0.15) is 0 Å². The van der Waals surface area contributed by atoms with Crippen LogP contribution in [-0.2, 0) is 4.74 Å². The van der Waals surface area contributed by atoms with Crippen molar-refractivity contribution in [2.24, 2.45) is 0 Å². The number of methoxy groups -OCH3 is 2. The highest BCUT2D eigenvalue weighted by Gasteiger charge is 2.22. The Labute approximate surface area is 160 Å². The van der Waals surface area contributed by atoms with Crippen molar-refractivity contribution in [2.75, 3.05) is 14.2 Å². The lowest BCUT2D eigenvalue weighted by molar-refractivity contribution is 0.0600. The first-order valence-electron chi connectivity index (χ1n) is 8.14. The van der Waals surface area contributed by atoms with Gasteiger partial charge in [0.15, 0.2) is 0 Å². The van der Waals surface area contributed by atoms with Crippen LogP contribution in [0.3, 0.4) is 0 Å². The van der Waals surface area contributed by atoms with Crippen molar-refractivity contribution in [2.45, 2.75) is 6.92 Å². The van der Waals surface area contributed by atoms with Crippen LogP contribution in [-0.4, -0.2) is 31.3 Å². The Morgan fingerprint density at radius 2 is 1.70 bits per heavy atom. The van der Waals surface area contributed by atoms with E-state index >= 15 is 0 Å².